The molecule has 33 heavy (non-hydrogen) atoms. The second kappa shape index (κ2) is 8.62. The van der Waals surface area contributed by atoms with Crippen LogP contribution in [0.4, 0.5) is 0 Å². The van der Waals surface area contributed by atoms with Crippen LogP contribution >= 0.6 is 11.3 Å². The van der Waals surface area contributed by atoms with Crippen LogP contribution in [0, 0.1) is 13.8 Å². The van der Waals surface area contributed by atoms with Crippen LogP contribution in [0.25, 0.3) is 16.3 Å². The summed E-state index contributed by atoms with van der Waals surface area (Å²) in [7, 11) is -3.54. The van der Waals surface area contributed by atoms with Crippen LogP contribution in [0.15, 0.2) is 35.7 Å². The molecule has 9 heteroatoms. The Balaban J connectivity index is 1.30. The molecule has 1 aliphatic carbocycles. The molecule has 1 saturated heterocycles. The van der Waals surface area contributed by atoms with Crippen LogP contribution in [0.3, 0.4) is 0 Å². The Hall–Kier alpha value is -2.62. The number of piperazine rings is 1. The number of aryl methyl sites for hydroxylation is 2. The predicted molar refractivity (Wildman–Crippen MR) is 131 cm³/mol. The second-order valence-corrected chi connectivity index (χ2v) is 11.4. The lowest BCUT2D eigenvalue weighted by Crippen LogP contribution is -2.50. The number of carbonyl (C=O) groups is 1. The summed E-state index contributed by atoms with van der Waals surface area (Å²) in [6, 6.07) is 9.34. The van der Waals surface area contributed by atoms with Gasteiger partial charge in [0.15, 0.2) is 0 Å². The topological polar surface area (TPSA) is 83.5 Å². The zero-order valence-electron chi connectivity index (χ0n) is 18.7. The molecule has 5 rings (SSSR count). The van der Waals surface area contributed by atoms with Crippen molar-refractivity contribution in [3.8, 4) is 0 Å². The molecule has 2 aromatic heterocycles. The molecule has 2 aliphatic rings. The largest absolute Gasteiger partial charge is 0.335 e. The minimum Gasteiger partial charge on any atom is -0.335 e. The lowest BCUT2D eigenvalue weighted by molar-refractivity contribution is 0.0703. The Morgan fingerprint density at radius 3 is 2.42 bits per heavy atom. The summed E-state index contributed by atoms with van der Waals surface area (Å²) in [6.45, 7) is 5.22. The van der Waals surface area contributed by atoms with E-state index in [1.165, 1.54) is 21.1 Å². The molecule has 1 amide bonds. The SMILES string of the molecule is Cc1nc(C2CC2)nc2sc(C(=O)N3CCN(S(=O)(=O)/C=C/c4ccccc4)CC3)c(C)c12. The maximum absolute atomic E-state index is 13.3. The molecule has 0 spiro atoms. The van der Waals surface area contributed by atoms with Crippen molar-refractivity contribution >= 4 is 43.6 Å². The van der Waals surface area contributed by atoms with Crippen LogP contribution in [-0.4, -0.2) is 59.7 Å². The van der Waals surface area contributed by atoms with E-state index < -0.39 is 10.0 Å². The molecule has 1 aliphatic heterocycles. The zero-order valence-corrected chi connectivity index (χ0v) is 20.3. The van der Waals surface area contributed by atoms with Gasteiger partial charge in [0.05, 0.1) is 10.6 Å². The van der Waals surface area contributed by atoms with Gasteiger partial charge >= 0.3 is 0 Å². The van der Waals surface area contributed by atoms with Crippen molar-refractivity contribution in [3.05, 3.63) is 63.3 Å². The molecule has 0 bridgehead atoms. The van der Waals surface area contributed by atoms with Crippen molar-refractivity contribution in [1.29, 1.82) is 0 Å². The van der Waals surface area contributed by atoms with E-state index in [2.05, 4.69) is 4.98 Å². The van der Waals surface area contributed by atoms with Gasteiger partial charge in [0.1, 0.15) is 10.7 Å². The Kier molecular flexibility index (Phi) is 5.80. The molecule has 1 aromatic carbocycles. The van der Waals surface area contributed by atoms with Crippen molar-refractivity contribution < 1.29 is 13.2 Å². The average molecular weight is 483 g/mol. The minimum atomic E-state index is -3.54. The number of sulfonamides is 1. The first kappa shape index (κ1) is 22.2. The van der Waals surface area contributed by atoms with Crippen molar-refractivity contribution in [2.45, 2.75) is 32.6 Å². The molecule has 7 nitrogen and oxygen atoms in total. The molecule has 0 N–H and O–H groups in total. The molecule has 0 unspecified atom stereocenters. The normalized spacial score (nSPS) is 17.8. The molecule has 172 valence electrons. The van der Waals surface area contributed by atoms with Crippen LogP contribution in [0.1, 0.15) is 51.1 Å². The van der Waals surface area contributed by atoms with Gasteiger partial charge in [0, 0.05) is 42.9 Å². The summed E-state index contributed by atoms with van der Waals surface area (Å²) < 4.78 is 26.9. The number of carbonyl (C=O) groups excluding carboxylic acids is 1. The number of fused-ring (bicyclic) bond motifs is 1. The molecule has 2 fully saturated rings. The lowest BCUT2D eigenvalue weighted by Gasteiger charge is -2.33. The Bertz CT molecular complexity index is 1340. The zero-order chi connectivity index (χ0) is 23.2. The van der Waals surface area contributed by atoms with E-state index in [0.717, 1.165) is 45.7 Å². The fourth-order valence-electron chi connectivity index (χ4n) is 4.19. The predicted octanol–water partition coefficient (Wildman–Crippen LogP) is 3.94. The second-order valence-electron chi connectivity index (χ2n) is 8.63. The van der Waals surface area contributed by atoms with Gasteiger partial charge in [-0.2, -0.15) is 4.31 Å². The molecular weight excluding hydrogens is 456 g/mol. The number of nitrogens with zero attached hydrogens (tertiary/aromatic N) is 4. The van der Waals surface area contributed by atoms with Gasteiger partial charge in [-0.3, -0.25) is 4.79 Å². The van der Waals surface area contributed by atoms with Gasteiger partial charge in [-0.25, -0.2) is 18.4 Å². The summed E-state index contributed by atoms with van der Waals surface area (Å²) >= 11 is 1.43. The van der Waals surface area contributed by atoms with Gasteiger partial charge in [-0.05, 0) is 43.9 Å². The van der Waals surface area contributed by atoms with Gasteiger partial charge in [0.2, 0.25) is 10.0 Å². The number of hydrogen-bond donors (Lipinski definition) is 0. The first-order valence-electron chi connectivity index (χ1n) is 11.1. The average Bonchev–Trinajstić information content (AvgIpc) is 3.61. The third-order valence-electron chi connectivity index (χ3n) is 6.24. The van der Waals surface area contributed by atoms with Crippen LogP contribution in [-0.2, 0) is 10.0 Å². The first-order valence-corrected chi connectivity index (χ1v) is 13.5. The molecule has 3 heterocycles. The summed E-state index contributed by atoms with van der Waals surface area (Å²) in [6.07, 6.45) is 3.87. The number of amides is 1. The number of aromatic nitrogens is 2. The molecule has 1 saturated carbocycles. The highest BCUT2D eigenvalue weighted by atomic mass is 32.2. The molecule has 3 aromatic rings. The van der Waals surface area contributed by atoms with Crippen LogP contribution in [0.2, 0.25) is 0 Å². The summed E-state index contributed by atoms with van der Waals surface area (Å²) in [4.78, 5) is 26.0. The van der Waals surface area contributed by atoms with Gasteiger partial charge in [-0.15, -0.1) is 11.3 Å². The van der Waals surface area contributed by atoms with E-state index in [9.17, 15) is 13.2 Å². The maximum atomic E-state index is 13.3. The van der Waals surface area contributed by atoms with Gasteiger partial charge < -0.3 is 4.90 Å². The smallest absolute Gasteiger partial charge is 0.264 e. The number of benzene rings is 1. The fourth-order valence-corrected chi connectivity index (χ4v) is 6.57. The molecule has 0 radical (unpaired) electrons. The number of hydrogen-bond acceptors (Lipinski definition) is 6. The van der Waals surface area contributed by atoms with E-state index in [4.69, 9.17) is 4.98 Å². The third kappa shape index (κ3) is 4.45. The maximum Gasteiger partial charge on any atom is 0.264 e. The van der Waals surface area contributed by atoms with Crippen molar-refractivity contribution in [3.63, 3.8) is 0 Å². The quantitative estimate of drug-likeness (QED) is 0.550. The highest BCUT2D eigenvalue weighted by Gasteiger charge is 2.31. The number of thiophene rings is 1. The van der Waals surface area contributed by atoms with Gasteiger partial charge in [-0.1, -0.05) is 30.3 Å². The fraction of sp³-hybridized carbons (Fsp3) is 0.375. The highest BCUT2D eigenvalue weighted by Crippen LogP contribution is 2.40. The third-order valence-corrected chi connectivity index (χ3v) is 8.98. The van der Waals surface area contributed by atoms with Crippen LogP contribution < -0.4 is 0 Å². The Morgan fingerprint density at radius 1 is 1.06 bits per heavy atom. The van der Waals surface area contributed by atoms with Crippen molar-refractivity contribution in [1.82, 2.24) is 19.2 Å². The minimum absolute atomic E-state index is 0.0558. The molecule has 0 atom stereocenters. The first-order chi connectivity index (χ1) is 15.8. The summed E-state index contributed by atoms with van der Waals surface area (Å²) in [5.41, 5.74) is 2.68. The monoisotopic (exact) mass is 482 g/mol. The molecular formula is C24H26N4O3S2. The van der Waals surface area contributed by atoms with Crippen molar-refractivity contribution in [2.75, 3.05) is 26.2 Å². The van der Waals surface area contributed by atoms with Crippen molar-refractivity contribution in [2.24, 2.45) is 0 Å². The van der Waals surface area contributed by atoms with E-state index in [0.29, 0.717) is 23.9 Å². The van der Waals surface area contributed by atoms with E-state index in [1.807, 2.05) is 44.2 Å². The van der Waals surface area contributed by atoms with E-state index >= 15 is 0 Å². The Labute approximate surface area is 197 Å². The van der Waals surface area contributed by atoms with E-state index in [1.54, 1.807) is 11.0 Å². The Morgan fingerprint density at radius 2 is 1.76 bits per heavy atom. The van der Waals surface area contributed by atoms with E-state index in [-0.39, 0.29) is 19.0 Å². The lowest BCUT2D eigenvalue weighted by atomic mass is 10.1. The van der Waals surface area contributed by atoms with Gasteiger partial charge in [0.25, 0.3) is 5.91 Å². The van der Waals surface area contributed by atoms with Crippen LogP contribution in [0.5, 0.6) is 0 Å². The highest BCUT2D eigenvalue weighted by molar-refractivity contribution is 7.92. The standard InChI is InChI=1S/C24H26N4O3S2/c1-16-20-17(2)25-22(19-8-9-19)26-23(20)32-21(16)24(29)27-11-13-28(14-12-27)33(30,31)15-10-18-6-4-3-5-7-18/h3-7,10,15,19H,8-9,11-14H2,1-2H3/b15-10+. The summed E-state index contributed by atoms with van der Waals surface area (Å²) in [5.74, 6) is 1.29. The summed E-state index contributed by atoms with van der Waals surface area (Å²) in [5, 5.41) is 2.22. The number of rotatable bonds is 5.